The van der Waals surface area contributed by atoms with E-state index in [1.807, 2.05) is 18.2 Å². The van der Waals surface area contributed by atoms with Crippen molar-refractivity contribution in [3.05, 3.63) is 53.4 Å². The first kappa shape index (κ1) is 12.5. The molecule has 0 unspecified atom stereocenters. The van der Waals surface area contributed by atoms with Crippen LogP contribution >= 0.6 is 11.6 Å². The van der Waals surface area contributed by atoms with Gasteiger partial charge in [-0.25, -0.2) is 0 Å². The SMILES string of the molecule is O=C(CNc1ccc(Cl)cc1)NCc1ccco1. The Balaban J connectivity index is 1.73. The molecule has 1 amide bonds. The summed E-state index contributed by atoms with van der Waals surface area (Å²) in [5.41, 5.74) is 0.854. The first-order chi connectivity index (χ1) is 8.74. The van der Waals surface area contributed by atoms with Crippen LogP contribution in [-0.4, -0.2) is 12.5 Å². The number of halogens is 1. The third kappa shape index (κ3) is 3.82. The van der Waals surface area contributed by atoms with E-state index in [0.29, 0.717) is 11.6 Å². The highest BCUT2D eigenvalue weighted by Gasteiger charge is 2.02. The maximum atomic E-state index is 11.5. The summed E-state index contributed by atoms with van der Waals surface area (Å²) < 4.78 is 5.11. The standard InChI is InChI=1S/C13H13ClN2O2/c14-10-3-5-11(6-4-10)15-9-13(17)16-8-12-2-1-7-18-12/h1-7,15H,8-9H2,(H,16,17). The summed E-state index contributed by atoms with van der Waals surface area (Å²) >= 11 is 5.76. The number of anilines is 1. The highest BCUT2D eigenvalue weighted by atomic mass is 35.5. The van der Waals surface area contributed by atoms with E-state index in [9.17, 15) is 4.79 Å². The van der Waals surface area contributed by atoms with Gasteiger partial charge in [0.25, 0.3) is 0 Å². The maximum Gasteiger partial charge on any atom is 0.239 e. The number of amides is 1. The molecule has 0 aliphatic carbocycles. The van der Waals surface area contributed by atoms with Gasteiger partial charge in [-0.2, -0.15) is 0 Å². The fourth-order valence-corrected chi connectivity index (χ4v) is 1.54. The lowest BCUT2D eigenvalue weighted by molar-refractivity contribution is -0.119. The van der Waals surface area contributed by atoms with Crippen LogP contribution in [0.25, 0.3) is 0 Å². The van der Waals surface area contributed by atoms with Gasteiger partial charge in [0.1, 0.15) is 5.76 Å². The second-order valence-electron chi connectivity index (χ2n) is 3.72. The van der Waals surface area contributed by atoms with E-state index in [0.717, 1.165) is 11.4 Å². The third-order valence-corrected chi connectivity index (χ3v) is 2.59. The van der Waals surface area contributed by atoms with Crippen LogP contribution in [0, 0.1) is 0 Å². The monoisotopic (exact) mass is 264 g/mol. The Labute approximate surface area is 110 Å². The molecule has 1 aromatic carbocycles. The van der Waals surface area contributed by atoms with Crippen molar-refractivity contribution < 1.29 is 9.21 Å². The van der Waals surface area contributed by atoms with Crippen LogP contribution in [0.1, 0.15) is 5.76 Å². The smallest absolute Gasteiger partial charge is 0.239 e. The van der Waals surface area contributed by atoms with E-state index < -0.39 is 0 Å². The van der Waals surface area contributed by atoms with E-state index in [2.05, 4.69) is 10.6 Å². The fraction of sp³-hybridized carbons (Fsp3) is 0.154. The first-order valence-corrected chi connectivity index (χ1v) is 5.90. The Hall–Kier alpha value is -1.94. The third-order valence-electron chi connectivity index (χ3n) is 2.34. The number of benzene rings is 1. The van der Waals surface area contributed by atoms with Crippen molar-refractivity contribution >= 4 is 23.2 Å². The molecule has 0 fully saturated rings. The Morgan fingerprint density at radius 2 is 2.00 bits per heavy atom. The predicted octanol–water partition coefficient (Wildman–Crippen LogP) is 2.66. The molecule has 2 N–H and O–H groups in total. The summed E-state index contributed by atoms with van der Waals surface area (Å²) in [4.78, 5) is 11.5. The molecule has 4 nitrogen and oxygen atoms in total. The molecule has 2 rings (SSSR count). The predicted molar refractivity (Wildman–Crippen MR) is 70.5 cm³/mol. The molecule has 94 valence electrons. The van der Waals surface area contributed by atoms with Gasteiger partial charge in [-0.1, -0.05) is 11.6 Å². The summed E-state index contributed by atoms with van der Waals surface area (Å²) in [5.74, 6) is 0.635. The van der Waals surface area contributed by atoms with E-state index in [1.165, 1.54) is 0 Å². The van der Waals surface area contributed by atoms with Gasteiger partial charge < -0.3 is 15.1 Å². The van der Waals surface area contributed by atoms with Crippen LogP contribution < -0.4 is 10.6 Å². The Morgan fingerprint density at radius 3 is 2.67 bits per heavy atom. The number of carbonyl (C=O) groups is 1. The minimum absolute atomic E-state index is 0.0960. The van der Waals surface area contributed by atoms with Gasteiger partial charge in [0, 0.05) is 10.7 Å². The first-order valence-electron chi connectivity index (χ1n) is 5.52. The molecule has 18 heavy (non-hydrogen) atoms. The lowest BCUT2D eigenvalue weighted by atomic mass is 10.3. The molecule has 1 heterocycles. The van der Waals surface area contributed by atoms with Crippen LogP contribution in [-0.2, 0) is 11.3 Å². The molecular weight excluding hydrogens is 252 g/mol. The second-order valence-corrected chi connectivity index (χ2v) is 4.15. The quantitative estimate of drug-likeness (QED) is 0.873. The number of nitrogens with one attached hydrogen (secondary N) is 2. The topological polar surface area (TPSA) is 54.3 Å². The van der Waals surface area contributed by atoms with Gasteiger partial charge in [0.2, 0.25) is 5.91 Å². The van der Waals surface area contributed by atoms with E-state index >= 15 is 0 Å². The molecule has 0 bridgehead atoms. The molecular formula is C13H13ClN2O2. The molecule has 0 saturated heterocycles. The van der Waals surface area contributed by atoms with Crippen LogP contribution in [0.5, 0.6) is 0 Å². The van der Waals surface area contributed by atoms with Crippen molar-refractivity contribution in [3.63, 3.8) is 0 Å². The highest BCUT2D eigenvalue weighted by molar-refractivity contribution is 6.30. The highest BCUT2D eigenvalue weighted by Crippen LogP contribution is 2.12. The van der Waals surface area contributed by atoms with Gasteiger partial charge in [0.05, 0.1) is 19.4 Å². The molecule has 0 atom stereocenters. The zero-order chi connectivity index (χ0) is 12.8. The van der Waals surface area contributed by atoms with Gasteiger partial charge in [-0.3, -0.25) is 4.79 Å². The Bertz CT molecular complexity index is 494. The lowest BCUT2D eigenvalue weighted by Gasteiger charge is -2.06. The van der Waals surface area contributed by atoms with Crippen LogP contribution in [0.2, 0.25) is 5.02 Å². The molecule has 1 aromatic heterocycles. The molecule has 0 saturated carbocycles. The van der Waals surface area contributed by atoms with Gasteiger partial charge in [0.15, 0.2) is 0 Å². The molecule has 0 aliphatic heterocycles. The molecule has 0 spiro atoms. The van der Waals surface area contributed by atoms with Gasteiger partial charge in [-0.05, 0) is 36.4 Å². The fourth-order valence-electron chi connectivity index (χ4n) is 1.41. The second kappa shape index (κ2) is 6.12. The van der Waals surface area contributed by atoms with Crippen molar-refractivity contribution in [2.24, 2.45) is 0 Å². The maximum absolute atomic E-state index is 11.5. The summed E-state index contributed by atoms with van der Waals surface area (Å²) in [6.45, 7) is 0.608. The number of carbonyl (C=O) groups excluding carboxylic acids is 1. The number of furan rings is 1. The minimum Gasteiger partial charge on any atom is -0.467 e. The zero-order valence-electron chi connectivity index (χ0n) is 9.65. The van der Waals surface area contributed by atoms with Crippen LogP contribution in [0.3, 0.4) is 0 Å². The lowest BCUT2D eigenvalue weighted by Crippen LogP contribution is -2.29. The number of hydrogen-bond acceptors (Lipinski definition) is 3. The Morgan fingerprint density at radius 1 is 1.22 bits per heavy atom. The average molecular weight is 265 g/mol. The van der Waals surface area contributed by atoms with Crippen molar-refractivity contribution in [2.75, 3.05) is 11.9 Å². The summed E-state index contributed by atoms with van der Waals surface area (Å²) in [5, 5.41) is 6.42. The van der Waals surface area contributed by atoms with E-state index in [1.54, 1.807) is 24.5 Å². The zero-order valence-corrected chi connectivity index (χ0v) is 10.4. The number of rotatable bonds is 5. The van der Waals surface area contributed by atoms with Crippen molar-refractivity contribution in [2.45, 2.75) is 6.54 Å². The van der Waals surface area contributed by atoms with E-state index in [4.69, 9.17) is 16.0 Å². The summed E-state index contributed by atoms with van der Waals surface area (Å²) in [6, 6.07) is 10.8. The Kier molecular flexibility index (Phi) is 4.25. The molecule has 0 radical (unpaired) electrons. The largest absolute Gasteiger partial charge is 0.467 e. The van der Waals surface area contributed by atoms with Crippen molar-refractivity contribution in [3.8, 4) is 0 Å². The minimum atomic E-state index is -0.0960. The molecule has 0 aliphatic rings. The van der Waals surface area contributed by atoms with Crippen LogP contribution in [0.4, 0.5) is 5.69 Å². The van der Waals surface area contributed by atoms with Gasteiger partial charge in [-0.15, -0.1) is 0 Å². The molecule has 5 heteroatoms. The average Bonchev–Trinajstić information content (AvgIpc) is 2.89. The normalized spacial score (nSPS) is 10.1. The van der Waals surface area contributed by atoms with E-state index in [-0.39, 0.29) is 12.5 Å². The summed E-state index contributed by atoms with van der Waals surface area (Å²) in [6.07, 6.45) is 1.58. The number of hydrogen-bond donors (Lipinski definition) is 2. The van der Waals surface area contributed by atoms with Gasteiger partial charge >= 0.3 is 0 Å². The van der Waals surface area contributed by atoms with Crippen molar-refractivity contribution in [1.82, 2.24) is 5.32 Å². The van der Waals surface area contributed by atoms with Crippen molar-refractivity contribution in [1.29, 1.82) is 0 Å². The summed E-state index contributed by atoms with van der Waals surface area (Å²) in [7, 11) is 0. The molecule has 2 aromatic rings. The van der Waals surface area contributed by atoms with Crippen LogP contribution in [0.15, 0.2) is 47.1 Å².